The average molecular weight is 313 g/mol. The van der Waals surface area contributed by atoms with E-state index in [0.29, 0.717) is 11.5 Å². The lowest BCUT2D eigenvalue weighted by Crippen LogP contribution is -2.38. The van der Waals surface area contributed by atoms with E-state index in [1.54, 1.807) is 0 Å². The Morgan fingerprint density at radius 1 is 1.40 bits per heavy atom. The number of sulfonamides is 1. The van der Waals surface area contributed by atoms with Crippen molar-refractivity contribution in [2.24, 2.45) is 5.92 Å². The molecule has 1 fully saturated rings. The molecule has 2 atom stereocenters. The Labute approximate surface area is 124 Å². The van der Waals surface area contributed by atoms with Crippen LogP contribution >= 0.6 is 11.6 Å². The summed E-state index contributed by atoms with van der Waals surface area (Å²) in [5, 5.41) is 8.86. The van der Waals surface area contributed by atoms with Crippen LogP contribution in [0.3, 0.4) is 0 Å². The fraction of sp³-hybridized carbons (Fsp3) is 0.500. The molecule has 1 aromatic rings. The second kappa shape index (κ2) is 6.13. The number of rotatable bonds is 3. The van der Waals surface area contributed by atoms with E-state index in [1.165, 1.54) is 18.2 Å². The predicted molar refractivity (Wildman–Crippen MR) is 77.9 cm³/mol. The Morgan fingerprint density at radius 3 is 2.75 bits per heavy atom. The fourth-order valence-electron chi connectivity index (χ4n) is 2.61. The molecule has 0 spiro atoms. The molecule has 4 nitrogen and oxygen atoms in total. The number of nitrogens with one attached hydrogen (secondary N) is 1. The van der Waals surface area contributed by atoms with Gasteiger partial charge in [-0.25, -0.2) is 13.1 Å². The van der Waals surface area contributed by atoms with Gasteiger partial charge < -0.3 is 0 Å². The molecule has 1 N–H and O–H groups in total. The first-order chi connectivity index (χ1) is 9.42. The first-order valence-electron chi connectivity index (χ1n) is 6.64. The highest BCUT2D eigenvalue weighted by molar-refractivity contribution is 7.89. The van der Waals surface area contributed by atoms with Crippen LogP contribution in [0.1, 0.15) is 38.2 Å². The zero-order chi connectivity index (χ0) is 14.8. The third kappa shape index (κ3) is 3.51. The molecule has 1 aromatic carbocycles. The quantitative estimate of drug-likeness (QED) is 0.932. The van der Waals surface area contributed by atoms with Gasteiger partial charge in [0, 0.05) is 6.04 Å². The molecule has 0 bridgehead atoms. The van der Waals surface area contributed by atoms with Crippen molar-refractivity contribution < 1.29 is 8.42 Å². The number of hydrogen-bond acceptors (Lipinski definition) is 3. The second-order valence-electron chi connectivity index (χ2n) is 5.35. The lowest BCUT2D eigenvalue weighted by atomic mass is 9.88. The summed E-state index contributed by atoms with van der Waals surface area (Å²) in [7, 11) is -3.63. The van der Waals surface area contributed by atoms with Gasteiger partial charge in [-0.05, 0) is 37.0 Å². The number of nitriles is 1. The summed E-state index contributed by atoms with van der Waals surface area (Å²) >= 11 is 5.97. The largest absolute Gasteiger partial charge is 0.242 e. The van der Waals surface area contributed by atoms with Crippen LogP contribution in [0.5, 0.6) is 0 Å². The van der Waals surface area contributed by atoms with Crippen LogP contribution in [0.2, 0.25) is 5.02 Å². The van der Waals surface area contributed by atoms with E-state index in [2.05, 4.69) is 11.6 Å². The molecular weight excluding hydrogens is 296 g/mol. The summed E-state index contributed by atoms with van der Waals surface area (Å²) in [6, 6.07) is 6.12. The van der Waals surface area contributed by atoms with Gasteiger partial charge in [-0.15, -0.1) is 0 Å². The molecule has 2 unspecified atom stereocenters. The summed E-state index contributed by atoms with van der Waals surface area (Å²) in [6.07, 6.45) is 3.90. The molecule has 0 heterocycles. The van der Waals surface area contributed by atoms with E-state index < -0.39 is 10.0 Å². The number of hydrogen-bond donors (Lipinski definition) is 1. The van der Waals surface area contributed by atoms with Gasteiger partial charge in [0.1, 0.15) is 4.90 Å². The van der Waals surface area contributed by atoms with E-state index >= 15 is 0 Å². The van der Waals surface area contributed by atoms with Crippen molar-refractivity contribution in [2.75, 3.05) is 0 Å². The molecule has 20 heavy (non-hydrogen) atoms. The Morgan fingerprint density at radius 2 is 2.15 bits per heavy atom. The minimum absolute atomic E-state index is 0.0320. The second-order valence-corrected chi connectivity index (χ2v) is 7.44. The Kier molecular flexibility index (Phi) is 4.69. The van der Waals surface area contributed by atoms with Gasteiger partial charge in [0.15, 0.2) is 0 Å². The van der Waals surface area contributed by atoms with Gasteiger partial charge >= 0.3 is 0 Å². The molecule has 0 aliphatic heterocycles. The van der Waals surface area contributed by atoms with Crippen molar-refractivity contribution in [3.8, 4) is 6.07 Å². The fourth-order valence-corrected chi connectivity index (χ4v) is 4.44. The summed E-state index contributed by atoms with van der Waals surface area (Å²) in [6.45, 7) is 2.13. The molecule has 108 valence electrons. The van der Waals surface area contributed by atoms with Crippen LogP contribution < -0.4 is 4.72 Å². The average Bonchev–Trinajstić information content (AvgIpc) is 2.37. The summed E-state index contributed by atoms with van der Waals surface area (Å²) in [5.41, 5.74) is 0.347. The van der Waals surface area contributed by atoms with Gasteiger partial charge in [-0.2, -0.15) is 5.26 Å². The zero-order valence-corrected chi connectivity index (χ0v) is 12.8. The summed E-state index contributed by atoms with van der Waals surface area (Å²) < 4.78 is 27.4. The zero-order valence-electron chi connectivity index (χ0n) is 11.3. The van der Waals surface area contributed by atoms with Crippen LogP contribution in [-0.4, -0.2) is 14.5 Å². The smallest absolute Gasteiger partial charge is 0.208 e. The lowest BCUT2D eigenvalue weighted by molar-refractivity contribution is 0.327. The molecule has 0 saturated heterocycles. The van der Waals surface area contributed by atoms with E-state index in [-0.39, 0.29) is 16.0 Å². The third-order valence-corrected chi connectivity index (χ3v) is 5.61. The molecule has 1 aliphatic rings. The summed E-state index contributed by atoms with van der Waals surface area (Å²) in [5.74, 6) is 0.535. The minimum Gasteiger partial charge on any atom is -0.208 e. The Hall–Kier alpha value is -1.09. The van der Waals surface area contributed by atoms with Crippen LogP contribution in [0.25, 0.3) is 0 Å². The molecule has 0 radical (unpaired) electrons. The molecule has 2 rings (SSSR count). The van der Waals surface area contributed by atoms with E-state index in [9.17, 15) is 8.42 Å². The molecular formula is C14H17ClN2O2S. The minimum atomic E-state index is -3.63. The molecule has 1 saturated carbocycles. The van der Waals surface area contributed by atoms with Crippen molar-refractivity contribution in [1.29, 1.82) is 5.26 Å². The van der Waals surface area contributed by atoms with Gasteiger partial charge in [0.05, 0.1) is 16.7 Å². The van der Waals surface area contributed by atoms with Gasteiger partial charge in [0.2, 0.25) is 10.0 Å². The standard InChI is InChI=1S/C14H17ClN2O2S/c1-10-3-2-4-12(7-10)17-20(18,19)14-6-5-11(9-16)8-13(14)15/h5-6,8,10,12,17H,2-4,7H2,1H3. The highest BCUT2D eigenvalue weighted by Crippen LogP contribution is 2.27. The number of benzene rings is 1. The first kappa shape index (κ1) is 15.3. The van der Waals surface area contributed by atoms with Crippen molar-refractivity contribution in [1.82, 2.24) is 4.72 Å². The van der Waals surface area contributed by atoms with Crippen molar-refractivity contribution in [2.45, 2.75) is 43.5 Å². The van der Waals surface area contributed by atoms with Crippen LogP contribution in [0, 0.1) is 17.2 Å². The highest BCUT2D eigenvalue weighted by Gasteiger charge is 2.26. The Bertz CT molecular complexity index is 637. The first-order valence-corrected chi connectivity index (χ1v) is 8.50. The molecule has 1 aliphatic carbocycles. The SMILES string of the molecule is CC1CCCC(NS(=O)(=O)c2ccc(C#N)cc2Cl)C1. The maximum absolute atomic E-state index is 12.3. The molecule has 6 heteroatoms. The highest BCUT2D eigenvalue weighted by atomic mass is 35.5. The van der Waals surface area contributed by atoms with Crippen molar-refractivity contribution in [3.63, 3.8) is 0 Å². The van der Waals surface area contributed by atoms with E-state index in [0.717, 1.165) is 25.7 Å². The van der Waals surface area contributed by atoms with Crippen LogP contribution in [0.15, 0.2) is 23.1 Å². The maximum atomic E-state index is 12.3. The van der Waals surface area contributed by atoms with Crippen molar-refractivity contribution in [3.05, 3.63) is 28.8 Å². The Balaban J connectivity index is 2.20. The molecule has 0 amide bonds. The third-order valence-electron chi connectivity index (χ3n) is 3.61. The van der Waals surface area contributed by atoms with E-state index in [4.69, 9.17) is 16.9 Å². The van der Waals surface area contributed by atoms with Crippen molar-refractivity contribution >= 4 is 21.6 Å². The van der Waals surface area contributed by atoms with Gasteiger partial charge in [0.25, 0.3) is 0 Å². The maximum Gasteiger partial charge on any atom is 0.242 e. The number of nitrogens with zero attached hydrogens (tertiary/aromatic N) is 1. The van der Waals surface area contributed by atoms with E-state index in [1.807, 2.05) is 6.07 Å². The van der Waals surface area contributed by atoms with Crippen LogP contribution in [-0.2, 0) is 10.0 Å². The topological polar surface area (TPSA) is 70.0 Å². The lowest BCUT2D eigenvalue weighted by Gasteiger charge is -2.27. The number of halogens is 1. The predicted octanol–water partition coefficient (Wildman–Crippen LogP) is 3.07. The van der Waals surface area contributed by atoms with Gasteiger partial charge in [-0.3, -0.25) is 0 Å². The monoisotopic (exact) mass is 312 g/mol. The van der Waals surface area contributed by atoms with Gasteiger partial charge in [-0.1, -0.05) is 31.4 Å². The normalized spacial score (nSPS) is 23.2. The molecule has 0 aromatic heterocycles. The summed E-state index contributed by atoms with van der Waals surface area (Å²) in [4.78, 5) is 0.0383. The van der Waals surface area contributed by atoms with Crippen LogP contribution in [0.4, 0.5) is 0 Å².